The van der Waals surface area contributed by atoms with Crippen LogP contribution >= 0.6 is 11.8 Å². The number of nitrogens with zero attached hydrogens (tertiary/aromatic N) is 4. The van der Waals surface area contributed by atoms with Gasteiger partial charge in [-0.05, 0) is 30.7 Å². The smallest absolute Gasteiger partial charge is 0.230 e. The second-order valence-corrected chi connectivity index (χ2v) is 6.87. The van der Waals surface area contributed by atoms with Gasteiger partial charge in [-0.25, -0.2) is 0 Å². The van der Waals surface area contributed by atoms with Crippen LogP contribution in [0.25, 0.3) is 11.5 Å². The summed E-state index contributed by atoms with van der Waals surface area (Å²) in [6.07, 6.45) is 2.58. The van der Waals surface area contributed by atoms with Gasteiger partial charge >= 0.3 is 0 Å². The molecule has 2 aromatic heterocycles. The summed E-state index contributed by atoms with van der Waals surface area (Å²) in [6.45, 7) is 1.52. The third-order valence-electron chi connectivity index (χ3n) is 3.89. The summed E-state index contributed by atoms with van der Waals surface area (Å²) in [5.74, 6) is 0.864. The van der Waals surface area contributed by atoms with E-state index in [0.717, 1.165) is 18.7 Å². The number of nitrogens with one attached hydrogen (secondary N) is 2. The molecule has 1 amide bonds. The normalized spacial score (nSPS) is 10.6. The van der Waals surface area contributed by atoms with E-state index >= 15 is 0 Å². The highest BCUT2D eigenvalue weighted by Gasteiger charge is 2.09. The molecule has 0 radical (unpaired) electrons. The first-order valence-electron chi connectivity index (χ1n) is 8.72. The number of anilines is 1. The van der Waals surface area contributed by atoms with E-state index in [1.807, 2.05) is 36.4 Å². The van der Waals surface area contributed by atoms with Crippen LogP contribution in [0.5, 0.6) is 0 Å². The molecular weight excluding hydrogens is 360 g/mol. The molecule has 27 heavy (non-hydrogen) atoms. The third-order valence-corrected chi connectivity index (χ3v) is 4.74. The van der Waals surface area contributed by atoms with Crippen molar-refractivity contribution in [2.45, 2.75) is 11.6 Å². The molecule has 0 saturated carbocycles. The summed E-state index contributed by atoms with van der Waals surface area (Å²) in [4.78, 5) is 22.7. The van der Waals surface area contributed by atoms with E-state index in [-0.39, 0.29) is 11.7 Å². The Balaban J connectivity index is 1.35. The summed E-state index contributed by atoms with van der Waals surface area (Å²) in [7, 11) is 2.05. The van der Waals surface area contributed by atoms with Gasteiger partial charge in [-0.1, -0.05) is 36.0 Å². The van der Waals surface area contributed by atoms with E-state index in [1.165, 1.54) is 17.4 Å². The van der Waals surface area contributed by atoms with Gasteiger partial charge in [0.1, 0.15) is 5.69 Å². The van der Waals surface area contributed by atoms with E-state index in [2.05, 4.69) is 49.6 Å². The first-order valence-corrected chi connectivity index (χ1v) is 9.70. The van der Waals surface area contributed by atoms with Crippen LogP contribution < -0.4 is 10.2 Å². The largest absolute Gasteiger partial charge is 0.375 e. The SMILES string of the molecule is CN(CCCNC(=O)CSc1n[nH]c(-c2ccccn2)n1)c1ccccc1. The lowest BCUT2D eigenvalue weighted by atomic mass is 10.3. The monoisotopic (exact) mass is 382 g/mol. The Labute approximate surface area is 162 Å². The standard InChI is InChI=1S/C19H22N6OS/c1-25(15-8-3-2-4-9-15)13-7-12-21-17(26)14-27-19-22-18(23-24-19)16-10-5-6-11-20-16/h2-6,8-11H,7,12-14H2,1H3,(H,21,26)(H,22,23,24). The molecule has 0 spiro atoms. The molecule has 2 heterocycles. The first kappa shape index (κ1) is 18.9. The summed E-state index contributed by atoms with van der Waals surface area (Å²) in [5.41, 5.74) is 1.90. The molecule has 0 aliphatic heterocycles. The van der Waals surface area contributed by atoms with Crippen LogP contribution in [-0.2, 0) is 4.79 Å². The molecular formula is C19H22N6OS. The Kier molecular flexibility index (Phi) is 6.81. The van der Waals surface area contributed by atoms with Crippen molar-refractivity contribution in [1.29, 1.82) is 0 Å². The number of hydrogen-bond donors (Lipinski definition) is 2. The van der Waals surface area contributed by atoms with Gasteiger partial charge in [-0.2, -0.15) is 4.98 Å². The predicted molar refractivity (Wildman–Crippen MR) is 108 cm³/mol. The number of thioether (sulfide) groups is 1. The van der Waals surface area contributed by atoms with Gasteiger partial charge in [0.15, 0.2) is 5.82 Å². The minimum Gasteiger partial charge on any atom is -0.375 e. The number of rotatable bonds is 9. The number of aromatic nitrogens is 4. The number of hydrogen-bond acceptors (Lipinski definition) is 6. The van der Waals surface area contributed by atoms with Crippen LogP contribution in [0.4, 0.5) is 5.69 Å². The summed E-state index contributed by atoms with van der Waals surface area (Å²) in [6, 6.07) is 15.8. The van der Waals surface area contributed by atoms with Crippen molar-refractivity contribution in [3.05, 3.63) is 54.7 Å². The van der Waals surface area contributed by atoms with Crippen molar-refractivity contribution in [1.82, 2.24) is 25.5 Å². The van der Waals surface area contributed by atoms with Crippen molar-refractivity contribution in [3.8, 4) is 11.5 Å². The van der Waals surface area contributed by atoms with Crippen LogP contribution in [-0.4, -0.2) is 52.0 Å². The summed E-state index contributed by atoms with van der Waals surface area (Å²) in [5, 5.41) is 10.4. The Hall–Kier alpha value is -2.87. The zero-order chi connectivity index (χ0) is 18.9. The van der Waals surface area contributed by atoms with E-state index in [0.29, 0.717) is 17.5 Å². The number of para-hydroxylation sites is 1. The summed E-state index contributed by atoms with van der Waals surface area (Å²) >= 11 is 1.30. The van der Waals surface area contributed by atoms with Crippen molar-refractivity contribution >= 4 is 23.4 Å². The zero-order valence-electron chi connectivity index (χ0n) is 15.1. The molecule has 0 unspecified atom stereocenters. The van der Waals surface area contributed by atoms with Crippen LogP contribution in [0.2, 0.25) is 0 Å². The van der Waals surface area contributed by atoms with E-state index in [9.17, 15) is 4.79 Å². The van der Waals surface area contributed by atoms with Gasteiger partial charge in [-0.15, -0.1) is 5.10 Å². The molecule has 3 aromatic rings. The molecule has 0 atom stereocenters. The highest BCUT2D eigenvalue weighted by molar-refractivity contribution is 7.99. The number of pyridine rings is 1. The maximum absolute atomic E-state index is 12.0. The second kappa shape index (κ2) is 9.72. The number of benzene rings is 1. The highest BCUT2D eigenvalue weighted by atomic mass is 32.2. The van der Waals surface area contributed by atoms with Gasteiger partial charge in [0, 0.05) is 32.0 Å². The van der Waals surface area contributed by atoms with Gasteiger partial charge in [0.25, 0.3) is 0 Å². The molecule has 2 N–H and O–H groups in total. The fourth-order valence-electron chi connectivity index (χ4n) is 2.47. The zero-order valence-corrected chi connectivity index (χ0v) is 15.9. The third kappa shape index (κ3) is 5.82. The number of amides is 1. The van der Waals surface area contributed by atoms with Crippen LogP contribution in [0.3, 0.4) is 0 Å². The minimum atomic E-state index is -0.0217. The second-order valence-electron chi connectivity index (χ2n) is 5.93. The Morgan fingerprint density at radius 2 is 2.00 bits per heavy atom. The average molecular weight is 382 g/mol. The highest BCUT2D eigenvalue weighted by Crippen LogP contribution is 2.17. The lowest BCUT2D eigenvalue weighted by Gasteiger charge is -2.19. The fraction of sp³-hybridized carbons (Fsp3) is 0.263. The van der Waals surface area contributed by atoms with Crippen molar-refractivity contribution < 1.29 is 4.79 Å². The maximum Gasteiger partial charge on any atom is 0.230 e. The molecule has 3 rings (SSSR count). The van der Waals surface area contributed by atoms with Gasteiger partial charge < -0.3 is 10.2 Å². The first-order chi connectivity index (χ1) is 13.2. The van der Waals surface area contributed by atoms with Crippen molar-refractivity contribution in [2.24, 2.45) is 0 Å². The number of aromatic amines is 1. The minimum absolute atomic E-state index is 0.0217. The fourth-order valence-corrected chi connectivity index (χ4v) is 3.09. The molecule has 1 aromatic carbocycles. The number of H-pyrrole nitrogens is 1. The van der Waals surface area contributed by atoms with E-state index in [4.69, 9.17) is 0 Å². The van der Waals surface area contributed by atoms with Gasteiger partial charge in [-0.3, -0.25) is 14.9 Å². The van der Waals surface area contributed by atoms with E-state index < -0.39 is 0 Å². The van der Waals surface area contributed by atoms with Gasteiger partial charge in [0.05, 0.1) is 5.75 Å². The molecule has 8 heteroatoms. The molecule has 0 aliphatic rings. The molecule has 0 saturated heterocycles. The van der Waals surface area contributed by atoms with Gasteiger partial charge in [0.2, 0.25) is 11.1 Å². The lowest BCUT2D eigenvalue weighted by Crippen LogP contribution is -2.29. The molecule has 0 bridgehead atoms. The number of carbonyl (C=O) groups excluding carboxylic acids is 1. The maximum atomic E-state index is 12.0. The van der Waals surface area contributed by atoms with E-state index in [1.54, 1.807) is 6.20 Å². The average Bonchev–Trinajstić information content (AvgIpc) is 3.20. The topological polar surface area (TPSA) is 86.8 Å². The van der Waals surface area contributed by atoms with Crippen molar-refractivity contribution in [3.63, 3.8) is 0 Å². The van der Waals surface area contributed by atoms with Crippen molar-refractivity contribution in [2.75, 3.05) is 30.8 Å². The predicted octanol–water partition coefficient (Wildman–Crippen LogP) is 2.60. The molecule has 0 aliphatic carbocycles. The quantitative estimate of drug-likeness (QED) is 0.437. The molecule has 7 nitrogen and oxygen atoms in total. The Morgan fingerprint density at radius 3 is 2.78 bits per heavy atom. The Morgan fingerprint density at radius 1 is 1.19 bits per heavy atom. The van der Waals surface area contributed by atoms with Crippen LogP contribution in [0.15, 0.2) is 59.9 Å². The lowest BCUT2D eigenvalue weighted by molar-refractivity contribution is -0.118. The van der Waals surface area contributed by atoms with Crippen LogP contribution in [0.1, 0.15) is 6.42 Å². The molecule has 0 fully saturated rings. The van der Waals surface area contributed by atoms with Crippen LogP contribution in [0, 0.1) is 0 Å². The molecule has 140 valence electrons. The number of carbonyl (C=O) groups is 1. The summed E-state index contributed by atoms with van der Waals surface area (Å²) < 4.78 is 0. The Bertz CT molecular complexity index is 840.